The molecule has 1 unspecified atom stereocenters. The Kier molecular flexibility index (Phi) is 2.49. The highest BCUT2D eigenvalue weighted by atomic mass is 16.3. The van der Waals surface area contributed by atoms with E-state index in [4.69, 9.17) is 5.73 Å². The summed E-state index contributed by atoms with van der Waals surface area (Å²) in [7, 11) is 0. The number of hydrogen-bond donors (Lipinski definition) is 2. The maximum absolute atomic E-state index is 9.18. The van der Waals surface area contributed by atoms with Gasteiger partial charge in [0.05, 0.1) is 6.10 Å². The molecule has 9 heavy (non-hydrogen) atoms. The summed E-state index contributed by atoms with van der Waals surface area (Å²) in [5, 5.41) is 9.18. The zero-order chi connectivity index (χ0) is 6.69. The van der Waals surface area contributed by atoms with Crippen LogP contribution in [0.25, 0.3) is 0 Å². The van der Waals surface area contributed by atoms with Gasteiger partial charge in [0.1, 0.15) is 0 Å². The Labute approximate surface area is 56.1 Å². The first-order valence-corrected chi connectivity index (χ1v) is 3.71. The summed E-state index contributed by atoms with van der Waals surface area (Å²) in [6.07, 6.45) is 4.28. The zero-order valence-electron chi connectivity index (χ0n) is 5.71. The fraction of sp³-hybridized carbons (Fsp3) is 1.00. The molecular weight excluding hydrogens is 114 g/mol. The predicted molar refractivity (Wildman–Crippen MR) is 37.0 cm³/mol. The van der Waals surface area contributed by atoms with E-state index in [9.17, 15) is 5.11 Å². The van der Waals surface area contributed by atoms with E-state index < -0.39 is 0 Å². The lowest BCUT2D eigenvalue weighted by molar-refractivity contribution is 0.150. The van der Waals surface area contributed by atoms with Crippen LogP contribution in [0.5, 0.6) is 0 Å². The predicted octanol–water partition coefficient (Wildman–Crippen LogP) is 0.496. The van der Waals surface area contributed by atoms with E-state index in [1.165, 1.54) is 12.8 Å². The third-order valence-electron chi connectivity index (χ3n) is 1.80. The molecule has 0 spiro atoms. The van der Waals surface area contributed by atoms with Gasteiger partial charge in [0, 0.05) is 0 Å². The highest BCUT2D eigenvalue weighted by Crippen LogP contribution is 2.33. The van der Waals surface area contributed by atoms with Crippen molar-refractivity contribution >= 4 is 0 Å². The average Bonchev–Trinajstić information content (AvgIpc) is 2.50. The van der Waals surface area contributed by atoms with Crippen molar-refractivity contribution in [3.63, 3.8) is 0 Å². The van der Waals surface area contributed by atoms with Crippen molar-refractivity contribution in [1.82, 2.24) is 0 Å². The maximum atomic E-state index is 9.18. The molecule has 0 heterocycles. The second-order valence-corrected chi connectivity index (χ2v) is 2.91. The second kappa shape index (κ2) is 3.18. The maximum Gasteiger partial charge on any atom is 0.0554 e. The highest BCUT2D eigenvalue weighted by Gasteiger charge is 2.23. The van der Waals surface area contributed by atoms with Gasteiger partial charge in [-0.1, -0.05) is 12.8 Å². The minimum Gasteiger partial charge on any atom is -0.393 e. The fourth-order valence-electron chi connectivity index (χ4n) is 1.05. The van der Waals surface area contributed by atoms with Gasteiger partial charge in [-0.3, -0.25) is 0 Å². The van der Waals surface area contributed by atoms with Crippen LogP contribution in [-0.4, -0.2) is 17.8 Å². The SMILES string of the molecule is NCCC(O)CC1CC1. The molecule has 0 radical (unpaired) electrons. The van der Waals surface area contributed by atoms with Crippen LogP contribution in [0.4, 0.5) is 0 Å². The van der Waals surface area contributed by atoms with Gasteiger partial charge in [0.2, 0.25) is 0 Å². The van der Waals surface area contributed by atoms with Gasteiger partial charge in [-0.05, 0) is 25.3 Å². The van der Waals surface area contributed by atoms with Crippen LogP contribution < -0.4 is 5.73 Å². The van der Waals surface area contributed by atoms with Crippen molar-refractivity contribution in [3.8, 4) is 0 Å². The Balaban J connectivity index is 1.95. The summed E-state index contributed by atoms with van der Waals surface area (Å²) in [6, 6.07) is 0. The normalized spacial score (nSPS) is 22.0. The fourth-order valence-corrected chi connectivity index (χ4v) is 1.05. The van der Waals surface area contributed by atoms with Crippen LogP contribution in [0, 0.1) is 5.92 Å². The molecule has 0 bridgehead atoms. The number of aliphatic hydroxyl groups excluding tert-OH is 1. The largest absolute Gasteiger partial charge is 0.393 e. The first-order chi connectivity index (χ1) is 4.33. The Bertz CT molecular complexity index is 81.0. The molecule has 1 aliphatic rings. The minimum absolute atomic E-state index is 0.123. The lowest BCUT2D eigenvalue weighted by Crippen LogP contribution is -2.13. The van der Waals surface area contributed by atoms with Crippen LogP contribution in [0.1, 0.15) is 25.7 Å². The van der Waals surface area contributed by atoms with Crippen LogP contribution in [0.2, 0.25) is 0 Å². The summed E-state index contributed by atoms with van der Waals surface area (Å²) in [4.78, 5) is 0. The lowest BCUT2D eigenvalue weighted by atomic mass is 10.1. The van der Waals surface area contributed by atoms with Gasteiger partial charge >= 0.3 is 0 Å². The standard InChI is InChI=1S/C7H15NO/c8-4-3-7(9)5-6-1-2-6/h6-7,9H,1-5,8H2. The molecule has 1 fully saturated rings. The topological polar surface area (TPSA) is 46.2 Å². The molecule has 0 aliphatic heterocycles. The number of aliphatic hydroxyl groups is 1. The Morgan fingerprint density at radius 2 is 2.22 bits per heavy atom. The van der Waals surface area contributed by atoms with E-state index in [0.717, 1.165) is 18.8 Å². The number of nitrogens with two attached hydrogens (primary N) is 1. The quantitative estimate of drug-likeness (QED) is 0.580. The minimum atomic E-state index is -0.123. The van der Waals surface area contributed by atoms with Crippen molar-refractivity contribution in [2.45, 2.75) is 31.8 Å². The molecular formula is C7H15NO. The smallest absolute Gasteiger partial charge is 0.0554 e. The third-order valence-corrected chi connectivity index (χ3v) is 1.80. The van der Waals surface area contributed by atoms with Gasteiger partial charge in [-0.15, -0.1) is 0 Å². The average molecular weight is 129 g/mol. The Morgan fingerprint density at radius 1 is 1.56 bits per heavy atom. The van der Waals surface area contributed by atoms with E-state index in [-0.39, 0.29) is 6.10 Å². The molecule has 0 aromatic heterocycles. The van der Waals surface area contributed by atoms with Crippen molar-refractivity contribution in [3.05, 3.63) is 0 Å². The van der Waals surface area contributed by atoms with Gasteiger partial charge < -0.3 is 10.8 Å². The zero-order valence-corrected chi connectivity index (χ0v) is 5.71. The first kappa shape index (κ1) is 7.03. The molecule has 0 amide bonds. The van der Waals surface area contributed by atoms with Gasteiger partial charge in [-0.25, -0.2) is 0 Å². The van der Waals surface area contributed by atoms with E-state index >= 15 is 0 Å². The summed E-state index contributed by atoms with van der Waals surface area (Å²) in [6.45, 7) is 0.619. The molecule has 1 rings (SSSR count). The van der Waals surface area contributed by atoms with E-state index in [0.29, 0.717) is 6.54 Å². The van der Waals surface area contributed by atoms with Crippen molar-refractivity contribution < 1.29 is 5.11 Å². The molecule has 1 atom stereocenters. The van der Waals surface area contributed by atoms with Gasteiger partial charge in [-0.2, -0.15) is 0 Å². The molecule has 0 aromatic carbocycles. The molecule has 2 nitrogen and oxygen atoms in total. The molecule has 0 aromatic rings. The van der Waals surface area contributed by atoms with Crippen LogP contribution in [0.15, 0.2) is 0 Å². The second-order valence-electron chi connectivity index (χ2n) is 2.91. The summed E-state index contributed by atoms with van der Waals surface area (Å²) in [5.74, 6) is 0.826. The van der Waals surface area contributed by atoms with Crippen molar-refractivity contribution in [2.24, 2.45) is 11.7 Å². The molecule has 1 aliphatic carbocycles. The Hall–Kier alpha value is -0.0800. The van der Waals surface area contributed by atoms with Crippen LogP contribution in [-0.2, 0) is 0 Å². The first-order valence-electron chi connectivity index (χ1n) is 3.71. The van der Waals surface area contributed by atoms with Crippen molar-refractivity contribution in [2.75, 3.05) is 6.54 Å². The van der Waals surface area contributed by atoms with Gasteiger partial charge in [0.25, 0.3) is 0 Å². The summed E-state index contributed by atoms with van der Waals surface area (Å²) in [5.41, 5.74) is 5.27. The summed E-state index contributed by atoms with van der Waals surface area (Å²) >= 11 is 0. The van der Waals surface area contributed by atoms with E-state index in [1.54, 1.807) is 0 Å². The Morgan fingerprint density at radius 3 is 2.67 bits per heavy atom. The monoisotopic (exact) mass is 129 g/mol. The van der Waals surface area contributed by atoms with Crippen LogP contribution in [0.3, 0.4) is 0 Å². The third kappa shape index (κ3) is 2.82. The molecule has 0 saturated heterocycles. The number of rotatable bonds is 4. The van der Waals surface area contributed by atoms with Gasteiger partial charge in [0.15, 0.2) is 0 Å². The van der Waals surface area contributed by atoms with Crippen molar-refractivity contribution in [1.29, 1.82) is 0 Å². The summed E-state index contributed by atoms with van der Waals surface area (Å²) < 4.78 is 0. The lowest BCUT2D eigenvalue weighted by Gasteiger charge is -2.05. The highest BCUT2D eigenvalue weighted by molar-refractivity contribution is 4.76. The molecule has 54 valence electrons. The number of hydrogen-bond acceptors (Lipinski definition) is 2. The van der Waals surface area contributed by atoms with E-state index in [1.807, 2.05) is 0 Å². The molecule has 2 heteroatoms. The molecule has 3 N–H and O–H groups in total. The molecule has 1 saturated carbocycles. The van der Waals surface area contributed by atoms with Crippen LogP contribution >= 0.6 is 0 Å². The van der Waals surface area contributed by atoms with E-state index in [2.05, 4.69) is 0 Å².